The highest BCUT2D eigenvalue weighted by molar-refractivity contribution is 4.97. The molecule has 2 atom stereocenters. The predicted octanol–water partition coefficient (Wildman–Crippen LogP) is 1.88. The predicted molar refractivity (Wildman–Crippen MR) is 43.0 cm³/mol. The molecule has 2 fully saturated rings. The first-order valence-corrected chi connectivity index (χ1v) is 4.55. The van der Waals surface area contributed by atoms with E-state index in [1.807, 2.05) is 0 Å². The van der Waals surface area contributed by atoms with Gasteiger partial charge in [-0.2, -0.15) is 0 Å². The molecule has 0 aromatic carbocycles. The molecule has 2 unspecified atom stereocenters. The van der Waals surface area contributed by atoms with Gasteiger partial charge in [-0.15, -0.1) is 0 Å². The first-order valence-electron chi connectivity index (χ1n) is 4.55. The van der Waals surface area contributed by atoms with Gasteiger partial charge in [-0.3, -0.25) is 4.90 Å². The topological polar surface area (TPSA) is 3.24 Å². The van der Waals surface area contributed by atoms with E-state index in [2.05, 4.69) is 18.7 Å². The van der Waals surface area contributed by atoms with E-state index < -0.39 is 0 Å². The highest BCUT2D eigenvalue weighted by Gasteiger charge is 2.42. The molecule has 2 rings (SSSR count). The van der Waals surface area contributed by atoms with Gasteiger partial charge in [-0.05, 0) is 32.6 Å². The quantitative estimate of drug-likeness (QED) is 0.536. The van der Waals surface area contributed by atoms with E-state index in [1.165, 1.54) is 25.8 Å². The number of likely N-dealkylation sites (tertiary alicyclic amines) is 1. The third-order valence-electron chi connectivity index (χ3n) is 3.15. The monoisotopic (exact) mass is 139 g/mol. The number of nitrogens with zero attached hydrogens (tertiary/aromatic N) is 1. The molecule has 1 saturated carbocycles. The van der Waals surface area contributed by atoms with Gasteiger partial charge < -0.3 is 0 Å². The van der Waals surface area contributed by atoms with Gasteiger partial charge in [0.1, 0.15) is 0 Å². The van der Waals surface area contributed by atoms with Gasteiger partial charge in [0.2, 0.25) is 0 Å². The van der Waals surface area contributed by atoms with Crippen LogP contribution in [0.1, 0.15) is 33.1 Å². The summed E-state index contributed by atoms with van der Waals surface area (Å²) < 4.78 is 0. The molecular formula is C9H17N. The zero-order valence-corrected chi connectivity index (χ0v) is 7.01. The Morgan fingerprint density at radius 3 is 2.70 bits per heavy atom. The van der Waals surface area contributed by atoms with Gasteiger partial charge in [0.25, 0.3) is 0 Å². The minimum absolute atomic E-state index is 0.791. The molecule has 1 saturated heterocycles. The van der Waals surface area contributed by atoms with Crippen LogP contribution in [0.15, 0.2) is 0 Å². The van der Waals surface area contributed by atoms with Crippen LogP contribution in [0.2, 0.25) is 0 Å². The standard InChI is InChI=1S/C9H17N/c1-7(2)10-6-8-4-3-5-9(8)10/h7-9H,3-6H2,1-2H3. The fourth-order valence-electron chi connectivity index (χ4n) is 2.53. The molecule has 1 aliphatic carbocycles. The Hall–Kier alpha value is -0.0400. The molecule has 1 nitrogen and oxygen atoms in total. The van der Waals surface area contributed by atoms with Crippen LogP contribution in [0.25, 0.3) is 0 Å². The van der Waals surface area contributed by atoms with Gasteiger partial charge in [0.15, 0.2) is 0 Å². The average molecular weight is 139 g/mol. The Morgan fingerprint density at radius 2 is 2.10 bits per heavy atom. The molecule has 0 bridgehead atoms. The highest BCUT2D eigenvalue weighted by Crippen LogP contribution is 2.39. The second-order valence-electron chi connectivity index (χ2n) is 4.05. The largest absolute Gasteiger partial charge is 0.297 e. The first kappa shape index (κ1) is 6.66. The summed E-state index contributed by atoms with van der Waals surface area (Å²) in [5, 5.41) is 0. The van der Waals surface area contributed by atoms with Crippen molar-refractivity contribution in [1.29, 1.82) is 0 Å². The minimum Gasteiger partial charge on any atom is -0.297 e. The Balaban J connectivity index is 1.94. The van der Waals surface area contributed by atoms with E-state index in [9.17, 15) is 0 Å². The molecule has 0 radical (unpaired) electrons. The van der Waals surface area contributed by atoms with Crippen LogP contribution in [-0.4, -0.2) is 23.5 Å². The van der Waals surface area contributed by atoms with E-state index in [0.717, 1.165) is 18.0 Å². The average Bonchev–Trinajstić information content (AvgIpc) is 2.11. The molecule has 0 aromatic rings. The lowest BCUT2D eigenvalue weighted by atomic mass is 9.90. The van der Waals surface area contributed by atoms with Crippen molar-refractivity contribution in [2.45, 2.75) is 45.2 Å². The molecule has 2 aliphatic rings. The Labute approximate surface area is 63.4 Å². The van der Waals surface area contributed by atoms with Crippen molar-refractivity contribution < 1.29 is 0 Å². The van der Waals surface area contributed by atoms with Gasteiger partial charge in [-0.25, -0.2) is 0 Å². The third kappa shape index (κ3) is 0.800. The number of fused-ring (bicyclic) bond motifs is 1. The maximum absolute atomic E-state index is 2.65. The lowest BCUT2D eigenvalue weighted by Crippen LogP contribution is -2.56. The molecule has 0 spiro atoms. The molecular weight excluding hydrogens is 122 g/mol. The lowest BCUT2D eigenvalue weighted by molar-refractivity contribution is 0.00979. The van der Waals surface area contributed by atoms with Crippen molar-refractivity contribution in [1.82, 2.24) is 4.90 Å². The summed E-state index contributed by atoms with van der Waals surface area (Å²) >= 11 is 0. The van der Waals surface area contributed by atoms with Crippen LogP contribution >= 0.6 is 0 Å². The van der Waals surface area contributed by atoms with Crippen molar-refractivity contribution >= 4 is 0 Å². The van der Waals surface area contributed by atoms with Crippen LogP contribution in [0.5, 0.6) is 0 Å². The van der Waals surface area contributed by atoms with Gasteiger partial charge in [0, 0.05) is 18.6 Å². The number of rotatable bonds is 1. The molecule has 0 amide bonds. The fraction of sp³-hybridized carbons (Fsp3) is 1.00. The normalized spacial score (nSPS) is 39.9. The van der Waals surface area contributed by atoms with E-state index in [-0.39, 0.29) is 0 Å². The second kappa shape index (κ2) is 2.23. The molecule has 1 heterocycles. The summed E-state index contributed by atoms with van der Waals surface area (Å²) in [6.07, 6.45) is 4.47. The number of hydrogen-bond donors (Lipinski definition) is 0. The van der Waals surface area contributed by atoms with Crippen molar-refractivity contribution in [3.05, 3.63) is 0 Å². The summed E-state index contributed by atoms with van der Waals surface area (Å²) in [5.41, 5.74) is 0. The lowest BCUT2D eigenvalue weighted by Gasteiger charge is -2.47. The Kier molecular flexibility index (Phi) is 1.48. The first-order chi connectivity index (χ1) is 4.79. The van der Waals surface area contributed by atoms with Crippen molar-refractivity contribution in [2.75, 3.05) is 6.54 Å². The van der Waals surface area contributed by atoms with Crippen LogP contribution in [-0.2, 0) is 0 Å². The van der Waals surface area contributed by atoms with E-state index in [4.69, 9.17) is 0 Å². The Bertz CT molecular complexity index is 131. The van der Waals surface area contributed by atoms with E-state index in [0.29, 0.717) is 0 Å². The van der Waals surface area contributed by atoms with Crippen LogP contribution in [0.4, 0.5) is 0 Å². The summed E-state index contributed by atoms with van der Waals surface area (Å²) in [4.78, 5) is 2.65. The summed E-state index contributed by atoms with van der Waals surface area (Å²) in [6, 6.07) is 1.78. The van der Waals surface area contributed by atoms with Crippen molar-refractivity contribution in [3.8, 4) is 0 Å². The Morgan fingerprint density at radius 1 is 1.30 bits per heavy atom. The minimum atomic E-state index is 0.791. The molecule has 1 heteroatoms. The maximum atomic E-state index is 2.65. The van der Waals surface area contributed by atoms with Gasteiger partial charge in [-0.1, -0.05) is 6.42 Å². The second-order valence-corrected chi connectivity index (χ2v) is 4.05. The molecule has 0 aromatic heterocycles. The maximum Gasteiger partial charge on any atom is 0.0139 e. The summed E-state index contributed by atoms with van der Waals surface area (Å²) in [7, 11) is 0. The molecule has 1 aliphatic heterocycles. The van der Waals surface area contributed by atoms with Crippen LogP contribution < -0.4 is 0 Å². The zero-order chi connectivity index (χ0) is 7.14. The molecule has 0 N–H and O–H groups in total. The third-order valence-corrected chi connectivity index (χ3v) is 3.15. The molecule has 58 valence electrons. The SMILES string of the molecule is CC(C)N1CC2CCCC21. The van der Waals surface area contributed by atoms with Crippen LogP contribution in [0, 0.1) is 5.92 Å². The van der Waals surface area contributed by atoms with Crippen molar-refractivity contribution in [2.24, 2.45) is 5.92 Å². The smallest absolute Gasteiger partial charge is 0.0139 e. The van der Waals surface area contributed by atoms with E-state index in [1.54, 1.807) is 0 Å². The highest BCUT2D eigenvalue weighted by atomic mass is 15.2. The summed E-state index contributed by atoms with van der Waals surface area (Å²) in [5.74, 6) is 1.09. The van der Waals surface area contributed by atoms with Gasteiger partial charge >= 0.3 is 0 Å². The fourth-order valence-corrected chi connectivity index (χ4v) is 2.53. The van der Waals surface area contributed by atoms with Gasteiger partial charge in [0.05, 0.1) is 0 Å². The van der Waals surface area contributed by atoms with E-state index >= 15 is 0 Å². The molecule has 10 heavy (non-hydrogen) atoms. The summed E-state index contributed by atoms with van der Waals surface area (Å²) in [6.45, 7) is 6.02. The van der Waals surface area contributed by atoms with Crippen LogP contribution in [0.3, 0.4) is 0 Å². The van der Waals surface area contributed by atoms with Crippen molar-refractivity contribution in [3.63, 3.8) is 0 Å². The zero-order valence-electron chi connectivity index (χ0n) is 7.01. The number of hydrogen-bond acceptors (Lipinski definition) is 1.